The summed E-state index contributed by atoms with van der Waals surface area (Å²) in [5, 5.41) is 0. The molecule has 89 valence electrons. The molecule has 0 fully saturated rings. The predicted octanol–water partition coefficient (Wildman–Crippen LogP) is 2.45. The summed E-state index contributed by atoms with van der Waals surface area (Å²) in [6, 6.07) is 0. The van der Waals surface area contributed by atoms with Gasteiger partial charge in [0.1, 0.15) is 0 Å². The predicted molar refractivity (Wildman–Crippen MR) is 80.9 cm³/mol. The molecule has 0 heterocycles. The van der Waals surface area contributed by atoms with Crippen LogP contribution >= 0.6 is 12.5 Å². The Morgan fingerprint density at radius 3 is 0.867 bits per heavy atom. The van der Waals surface area contributed by atoms with Gasteiger partial charge >= 0.3 is 0 Å². The Bertz CT molecular complexity index is 197. The van der Waals surface area contributed by atoms with Crippen molar-refractivity contribution in [3.8, 4) is 0 Å². The van der Waals surface area contributed by atoms with Gasteiger partial charge in [-0.25, -0.2) is 0 Å². The Balaban J connectivity index is -0.000000180. The summed E-state index contributed by atoms with van der Waals surface area (Å²) in [7, 11) is 0. The van der Waals surface area contributed by atoms with Gasteiger partial charge in [0.05, 0.1) is 12.5 Å². The molecule has 0 saturated heterocycles. The molecule has 15 heavy (non-hydrogen) atoms. The zero-order chi connectivity index (χ0) is 11.8. The molecule has 0 aromatic carbocycles. The zero-order valence-corrected chi connectivity index (χ0v) is 15.9. The average Bonchev–Trinajstić information content (AvgIpc) is 2.19. The summed E-state index contributed by atoms with van der Waals surface area (Å²) >= 11 is 9.62. The molecule has 0 aliphatic rings. The fourth-order valence-electron chi connectivity index (χ4n) is 0.447. The quantitative estimate of drug-likeness (QED) is 0.618. The minimum Gasteiger partial charge on any atom is -0.365 e. The fraction of sp³-hybridized carbons (Fsp3) is 1.00. The van der Waals surface area contributed by atoms with E-state index in [0.29, 0.717) is 0 Å². The van der Waals surface area contributed by atoms with Crippen LogP contribution in [0.25, 0.3) is 0 Å². The molecule has 0 aromatic rings. The third kappa shape index (κ3) is 16.2. The van der Waals surface area contributed by atoms with E-state index in [0.717, 1.165) is 24.6 Å². The van der Waals surface area contributed by atoms with E-state index in [1.54, 1.807) is 0 Å². The Morgan fingerprint density at radius 2 is 0.867 bits per heavy atom. The standard InChI is InChI=1S/2C4H11OPS.Na/c2*1-3-6(5,7)4-2;/h2*3-4H2,1-2H3,(H,5,7);. The summed E-state index contributed by atoms with van der Waals surface area (Å²) in [5.74, 6) is 0. The van der Waals surface area contributed by atoms with Crippen LogP contribution in [-0.4, -0.2) is 64.0 Å². The molecule has 1 radical (unpaired) electrons. The van der Waals surface area contributed by atoms with Crippen LogP contribution in [0.5, 0.6) is 0 Å². The van der Waals surface area contributed by atoms with Gasteiger partial charge in [0.2, 0.25) is 0 Å². The topological polar surface area (TPSA) is 40.5 Å². The number of rotatable bonds is 4. The first-order valence-electron chi connectivity index (χ1n) is 4.86. The summed E-state index contributed by atoms with van der Waals surface area (Å²) in [5.41, 5.74) is 0. The molecule has 0 amide bonds. The second-order valence-corrected chi connectivity index (χ2v) is 13.0. The molecule has 2 N–H and O–H groups in total. The first-order valence-corrected chi connectivity index (χ1v) is 11.1. The molecule has 7 heteroatoms. The van der Waals surface area contributed by atoms with Gasteiger partial charge in [0.25, 0.3) is 0 Å². The summed E-state index contributed by atoms with van der Waals surface area (Å²) < 4.78 is 0. The maximum absolute atomic E-state index is 9.06. The van der Waals surface area contributed by atoms with Crippen LogP contribution in [0.2, 0.25) is 0 Å². The molecule has 0 saturated carbocycles. The first-order chi connectivity index (χ1) is 6.24. The van der Waals surface area contributed by atoms with Gasteiger partial charge < -0.3 is 9.79 Å². The van der Waals surface area contributed by atoms with Crippen molar-refractivity contribution in [2.75, 3.05) is 24.6 Å². The third-order valence-electron chi connectivity index (χ3n) is 1.98. The van der Waals surface area contributed by atoms with E-state index in [4.69, 9.17) is 33.4 Å². The molecule has 0 aromatic heterocycles. The smallest absolute Gasteiger partial charge is 0.0631 e. The largest absolute Gasteiger partial charge is 0.365 e. The SMILES string of the molecule is CCP(O)(=S)CC.CCP(O)(=S)CC.[Na]. The van der Waals surface area contributed by atoms with Crippen LogP contribution in [0.3, 0.4) is 0 Å². The minimum absolute atomic E-state index is 0. The van der Waals surface area contributed by atoms with E-state index in [1.807, 2.05) is 27.7 Å². The van der Waals surface area contributed by atoms with E-state index >= 15 is 0 Å². The Morgan fingerprint density at radius 1 is 0.733 bits per heavy atom. The maximum Gasteiger partial charge on any atom is 0.0631 e. The van der Waals surface area contributed by atoms with Gasteiger partial charge in [-0.3, -0.25) is 0 Å². The Hall–Kier alpha value is 2.22. The second kappa shape index (κ2) is 11.3. The van der Waals surface area contributed by atoms with E-state index < -0.39 is 12.5 Å². The van der Waals surface area contributed by atoms with Crippen molar-refractivity contribution in [2.24, 2.45) is 0 Å². The van der Waals surface area contributed by atoms with Crippen molar-refractivity contribution in [3.05, 3.63) is 0 Å². The van der Waals surface area contributed by atoms with E-state index in [2.05, 4.69) is 0 Å². The van der Waals surface area contributed by atoms with Crippen molar-refractivity contribution in [1.82, 2.24) is 0 Å². The van der Waals surface area contributed by atoms with Crippen molar-refractivity contribution in [1.29, 1.82) is 0 Å². The molecule has 0 atom stereocenters. The van der Waals surface area contributed by atoms with E-state index in [-0.39, 0.29) is 29.6 Å². The monoisotopic (exact) mass is 299 g/mol. The number of hydrogen-bond acceptors (Lipinski definition) is 2. The van der Waals surface area contributed by atoms with Crippen molar-refractivity contribution < 1.29 is 9.79 Å². The maximum atomic E-state index is 9.06. The third-order valence-corrected chi connectivity index (χ3v) is 9.03. The second-order valence-electron chi connectivity index (χ2n) is 2.96. The molecule has 0 bridgehead atoms. The molecule has 0 aliphatic heterocycles. The molecular formula is C8H22NaO2P2S2. The van der Waals surface area contributed by atoms with Gasteiger partial charge in [-0.15, -0.1) is 0 Å². The van der Waals surface area contributed by atoms with E-state index in [9.17, 15) is 0 Å². The molecular weight excluding hydrogens is 277 g/mol. The Kier molecular flexibility index (Phi) is 16.9. The molecule has 0 rings (SSSR count). The molecule has 0 spiro atoms. The van der Waals surface area contributed by atoms with Gasteiger partial charge in [-0.05, 0) is 24.6 Å². The zero-order valence-electron chi connectivity index (χ0n) is 10.4. The first kappa shape index (κ1) is 22.4. The minimum atomic E-state index is -1.82. The van der Waals surface area contributed by atoms with Crippen LogP contribution in [0.4, 0.5) is 0 Å². The van der Waals surface area contributed by atoms with Crippen LogP contribution in [-0.2, 0) is 23.6 Å². The van der Waals surface area contributed by atoms with Gasteiger partial charge in [0.15, 0.2) is 0 Å². The average molecular weight is 299 g/mol. The van der Waals surface area contributed by atoms with Gasteiger partial charge in [-0.1, -0.05) is 51.3 Å². The summed E-state index contributed by atoms with van der Waals surface area (Å²) in [4.78, 5) is 18.1. The van der Waals surface area contributed by atoms with Crippen molar-refractivity contribution in [3.63, 3.8) is 0 Å². The summed E-state index contributed by atoms with van der Waals surface area (Å²) in [6.45, 7) is 7.74. The van der Waals surface area contributed by atoms with Crippen molar-refractivity contribution in [2.45, 2.75) is 27.7 Å². The summed E-state index contributed by atoms with van der Waals surface area (Å²) in [6.07, 6.45) is -0.535. The van der Waals surface area contributed by atoms with E-state index in [1.165, 1.54) is 0 Å². The van der Waals surface area contributed by atoms with Gasteiger partial charge in [0, 0.05) is 29.6 Å². The number of hydrogen-bond donors (Lipinski definition) is 2. The Labute approximate surface area is 127 Å². The van der Waals surface area contributed by atoms with Crippen LogP contribution < -0.4 is 0 Å². The van der Waals surface area contributed by atoms with Crippen LogP contribution in [0, 0.1) is 0 Å². The normalized spacial score (nSPS) is 11.1. The van der Waals surface area contributed by atoms with Crippen LogP contribution in [0.15, 0.2) is 0 Å². The molecule has 0 unspecified atom stereocenters. The van der Waals surface area contributed by atoms with Crippen LogP contribution in [0.1, 0.15) is 27.7 Å². The molecule has 0 aliphatic carbocycles. The van der Waals surface area contributed by atoms with Crippen molar-refractivity contribution >= 4 is 65.7 Å². The fourth-order valence-corrected chi connectivity index (χ4v) is 1.34. The molecule has 2 nitrogen and oxygen atoms in total. The van der Waals surface area contributed by atoms with Gasteiger partial charge in [-0.2, -0.15) is 0 Å².